The van der Waals surface area contributed by atoms with Gasteiger partial charge in [-0.25, -0.2) is 9.59 Å². The van der Waals surface area contributed by atoms with Crippen molar-refractivity contribution in [3.8, 4) is 17.1 Å². The van der Waals surface area contributed by atoms with E-state index in [0.717, 1.165) is 41.7 Å². The summed E-state index contributed by atoms with van der Waals surface area (Å²) in [5, 5.41) is 15.2. The Hall–Kier alpha value is -3.01. The van der Waals surface area contributed by atoms with Gasteiger partial charge in [0.2, 0.25) is 0 Å². The number of nitrogens with one attached hydrogen (secondary N) is 2. The van der Waals surface area contributed by atoms with Crippen LogP contribution in [0.15, 0.2) is 40.7 Å². The number of rotatable bonds is 11. The van der Waals surface area contributed by atoms with Gasteiger partial charge in [-0.1, -0.05) is 32.0 Å². The molecule has 1 aliphatic rings. The first-order chi connectivity index (χ1) is 16.0. The molecule has 1 aromatic carbocycles. The van der Waals surface area contributed by atoms with Crippen molar-refractivity contribution in [1.29, 1.82) is 0 Å². The molecule has 0 aliphatic carbocycles. The highest BCUT2D eigenvalue weighted by molar-refractivity contribution is 7.99. The van der Waals surface area contributed by atoms with E-state index in [9.17, 15) is 9.59 Å². The summed E-state index contributed by atoms with van der Waals surface area (Å²) < 4.78 is 12.6. The number of hydrogen-bond acceptors (Lipinski definition) is 7. The summed E-state index contributed by atoms with van der Waals surface area (Å²) in [7, 11) is 1.63. The summed E-state index contributed by atoms with van der Waals surface area (Å²) in [6.45, 7) is 6.85. The van der Waals surface area contributed by atoms with Crippen molar-refractivity contribution in [2.24, 2.45) is 0 Å². The summed E-state index contributed by atoms with van der Waals surface area (Å²) in [5.74, 6) is 1.50. The minimum Gasteiger partial charge on any atom is -0.497 e. The third-order valence-electron chi connectivity index (χ3n) is 5.29. The second kappa shape index (κ2) is 11.7. The van der Waals surface area contributed by atoms with Gasteiger partial charge < -0.3 is 24.7 Å². The Morgan fingerprint density at radius 1 is 1.18 bits per heavy atom. The number of thioether (sulfide) groups is 1. The zero-order chi connectivity index (χ0) is 23.8. The van der Waals surface area contributed by atoms with Crippen LogP contribution in [0.4, 0.5) is 4.79 Å². The number of hydrogen-bond donors (Lipinski definition) is 2. The molecule has 0 fully saturated rings. The van der Waals surface area contributed by atoms with E-state index in [1.54, 1.807) is 14.0 Å². The zero-order valence-corrected chi connectivity index (χ0v) is 20.3. The van der Waals surface area contributed by atoms with Gasteiger partial charge in [0.15, 0.2) is 11.0 Å². The van der Waals surface area contributed by atoms with Crippen molar-refractivity contribution in [2.45, 2.75) is 57.8 Å². The fourth-order valence-corrected chi connectivity index (χ4v) is 4.51. The SMILES string of the molecule is CCCCn1c(SCC2=C(C(=O)OCC)C(CC)NC(=O)N2)nnc1-c1ccc(OC)cc1. The number of carbonyl (C=O) groups is 2. The molecule has 33 heavy (non-hydrogen) atoms. The van der Waals surface area contributed by atoms with E-state index in [4.69, 9.17) is 9.47 Å². The minimum absolute atomic E-state index is 0.268. The van der Waals surface area contributed by atoms with Gasteiger partial charge in [-0.3, -0.25) is 0 Å². The highest BCUT2D eigenvalue weighted by Gasteiger charge is 2.31. The Morgan fingerprint density at radius 3 is 2.58 bits per heavy atom. The monoisotopic (exact) mass is 473 g/mol. The maximum Gasteiger partial charge on any atom is 0.337 e. The number of esters is 1. The lowest BCUT2D eigenvalue weighted by atomic mass is 10.0. The van der Waals surface area contributed by atoms with Crippen LogP contribution in [-0.4, -0.2) is 52.3 Å². The Labute approximate surface area is 198 Å². The number of benzene rings is 1. The molecule has 2 amide bonds. The van der Waals surface area contributed by atoms with Crippen LogP contribution in [0.1, 0.15) is 40.0 Å². The van der Waals surface area contributed by atoms with Gasteiger partial charge in [0, 0.05) is 23.6 Å². The second-order valence-electron chi connectivity index (χ2n) is 7.50. The van der Waals surface area contributed by atoms with Gasteiger partial charge in [-0.05, 0) is 44.0 Å². The van der Waals surface area contributed by atoms with Crippen molar-refractivity contribution in [3.05, 3.63) is 35.5 Å². The topological polar surface area (TPSA) is 107 Å². The Balaban J connectivity index is 1.90. The van der Waals surface area contributed by atoms with Crippen LogP contribution in [0.5, 0.6) is 5.75 Å². The molecular weight excluding hydrogens is 442 g/mol. The first kappa shape index (κ1) is 24.6. The molecule has 1 atom stereocenters. The predicted octanol–water partition coefficient (Wildman–Crippen LogP) is 3.75. The Morgan fingerprint density at radius 2 is 1.94 bits per heavy atom. The number of carbonyl (C=O) groups excluding carboxylic acids is 2. The van der Waals surface area contributed by atoms with Gasteiger partial charge in [0.05, 0.1) is 25.3 Å². The highest BCUT2D eigenvalue weighted by atomic mass is 32.2. The summed E-state index contributed by atoms with van der Waals surface area (Å²) in [5.41, 5.74) is 1.95. The average molecular weight is 474 g/mol. The zero-order valence-electron chi connectivity index (χ0n) is 19.5. The number of aromatic nitrogens is 3. The molecule has 10 heteroatoms. The largest absolute Gasteiger partial charge is 0.497 e. The number of urea groups is 1. The van der Waals surface area contributed by atoms with Gasteiger partial charge in [-0.2, -0.15) is 0 Å². The maximum atomic E-state index is 12.6. The molecule has 0 bridgehead atoms. The lowest BCUT2D eigenvalue weighted by molar-refractivity contribution is -0.139. The summed E-state index contributed by atoms with van der Waals surface area (Å²) in [6.07, 6.45) is 2.59. The molecule has 3 rings (SSSR count). The number of unbranched alkanes of at least 4 members (excludes halogenated alkanes) is 1. The smallest absolute Gasteiger partial charge is 0.337 e. The first-order valence-electron chi connectivity index (χ1n) is 11.2. The molecule has 0 saturated carbocycles. The van der Waals surface area contributed by atoms with E-state index in [2.05, 4.69) is 32.3 Å². The van der Waals surface area contributed by atoms with E-state index >= 15 is 0 Å². The highest BCUT2D eigenvalue weighted by Crippen LogP contribution is 2.28. The Bertz CT molecular complexity index is 1000. The third-order valence-corrected chi connectivity index (χ3v) is 6.29. The summed E-state index contributed by atoms with van der Waals surface area (Å²) >= 11 is 1.44. The van der Waals surface area contributed by atoms with Crippen molar-refractivity contribution < 1.29 is 19.1 Å². The van der Waals surface area contributed by atoms with Gasteiger partial charge in [-0.15, -0.1) is 10.2 Å². The summed E-state index contributed by atoms with van der Waals surface area (Å²) in [6, 6.07) is 7.00. The molecule has 2 N–H and O–H groups in total. The van der Waals surface area contributed by atoms with Gasteiger partial charge >= 0.3 is 12.0 Å². The van der Waals surface area contributed by atoms with Gasteiger partial charge in [0.25, 0.3) is 0 Å². The molecule has 0 saturated heterocycles. The van der Waals surface area contributed by atoms with E-state index in [1.165, 1.54) is 11.8 Å². The quantitative estimate of drug-likeness (QED) is 0.378. The molecule has 2 heterocycles. The molecule has 0 spiro atoms. The van der Waals surface area contributed by atoms with Crippen LogP contribution in [0.3, 0.4) is 0 Å². The predicted molar refractivity (Wildman–Crippen MR) is 127 cm³/mol. The fourth-order valence-electron chi connectivity index (χ4n) is 3.58. The van der Waals surface area contributed by atoms with E-state index in [-0.39, 0.29) is 18.7 Å². The number of nitrogens with zero attached hydrogens (tertiary/aromatic N) is 3. The van der Waals surface area contributed by atoms with Crippen molar-refractivity contribution in [3.63, 3.8) is 0 Å². The van der Waals surface area contributed by atoms with Crippen LogP contribution >= 0.6 is 11.8 Å². The van der Waals surface area contributed by atoms with E-state index < -0.39 is 5.97 Å². The average Bonchev–Trinajstić information content (AvgIpc) is 3.23. The lowest BCUT2D eigenvalue weighted by Crippen LogP contribution is -2.50. The minimum atomic E-state index is -0.418. The molecule has 1 aliphatic heterocycles. The third kappa shape index (κ3) is 5.87. The van der Waals surface area contributed by atoms with Crippen molar-refractivity contribution >= 4 is 23.8 Å². The van der Waals surface area contributed by atoms with Gasteiger partial charge in [0.1, 0.15) is 5.75 Å². The van der Waals surface area contributed by atoms with Crippen LogP contribution in [0.2, 0.25) is 0 Å². The first-order valence-corrected chi connectivity index (χ1v) is 12.2. The molecule has 1 unspecified atom stereocenters. The van der Waals surface area contributed by atoms with E-state index in [0.29, 0.717) is 23.4 Å². The molecule has 178 valence electrons. The van der Waals surface area contributed by atoms with Crippen LogP contribution in [0.25, 0.3) is 11.4 Å². The lowest BCUT2D eigenvalue weighted by Gasteiger charge is -2.28. The molecule has 1 aromatic heterocycles. The number of ether oxygens (including phenoxy) is 2. The molecule has 2 aromatic rings. The molecule has 9 nitrogen and oxygen atoms in total. The second-order valence-corrected chi connectivity index (χ2v) is 8.44. The number of amides is 2. The standard InChI is InChI=1S/C23H31N5O4S/c1-5-8-13-28-20(15-9-11-16(31-4)12-10-15)26-27-23(28)33-14-18-19(21(29)32-7-3)17(6-2)24-22(30)25-18/h9-12,17H,5-8,13-14H2,1-4H3,(H2,24,25,30). The van der Waals surface area contributed by atoms with Crippen LogP contribution in [-0.2, 0) is 16.1 Å². The van der Waals surface area contributed by atoms with Crippen LogP contribution < -0.4 is 15.4 Å². The van der Waals surface area contributed by atoms with E-state index in [1.807, 2.05) is 31.2 Å². The maximum absolute atomic E-state index is 12.6. The van der Waals surface area contributed by atoms with Crippen LogP contribution in [0, 0.1) is 0 Å². The fraction of sp³-hybridized carbons (Fsp3) is 0.478. The van der Waals surface area contributed by atoms with Crippen molar-refractivity contribution in [2.75, 3.05) is 19.5 Å². The van der Waals surface area contributed by atoms with Crippen molar-refractivity contribution in [1.82, 2.24) is 25.4 Å². The molecule has 0 radical (unpaired) electrons. The Kier molecular flexibility index (Phi) is 8.76. The molecular formula is C23H31N5O4S. The summed E-state index contributed by atoms with van der Waals surface area (Å²) in [4.78, 5) is 24.8. The normalized spacial score (nSPS) is 15.8. The number of methoxy groups -OCH3 is 1.